The molecular formula is C6H8O3. The normalized spacial score (nSPS) is 28.0. The van der Waals surface area contributed by atoms with Crippen molar-refractivity contribution in [3.63, 3.8) is 0 Å². The largest absolute Gasteiger partial charge is 0.365 e. The molecule has 0 aromatic heterocycles. The molecule has 0 fully saturated rings. The van der Waals surface area contributed by atoms with Crippen molar-refractivity contribution in [2.75, 3.05) is 6.61 Å². The lowest BCUT2D eigenvalue weighted by molar-refractivity contribution is -0.132. The van der Waals surface area contributed by atoms with E-state index in [1.165, 1.54) is 6.08 Å². The van der Waals surface area contributed by atoms with E-state index in [0.717, 1.165) is 0 Å². The van der Waals surface area contributed by atoms with Gasteiger partial charge in [-0.05, 0) is 18.6 Å². The molecular weight excluding hydrogens is 120 g/mol. The predicted octanol–water partition coefficient (Wildman–Crippen LogP) is -0.150. The van der Waals surface area contributed by atoms with Crippen LogP contribution in [-0.2, 0) is 9.53 Å². The van der Waals surface area contributed by atoms with Gasteiger partial charge in [-0.25, -0.2) is 0 Å². The zero-order valence-electron chi connectivity index (χ0n) is 5.13. The van der Waals surface area contributed by atoms with E-state index in [2.05, 4.69) is 4.74 Å². The lowest BCUT2D eigenvalue weighted by Gasteiger charge is -2.13. The maximum absolute atomic E-state index is 10.6. The number of hydrogen-bond donors (Lipinski definition) is 1. The van der Waals surface area contributed by atoms with Crippen molar-refractivity contribution in [2.45, 2.75) is 13.2 Å². The standard InChI is InChI=1S/C6H8O3/c1-4-2-6(8)9-3-5(4)7/h2,6,8H,3H2,1H3. The Balaban J connectivity index is 2.72. The second kappa shape index (κ2) is 2.29. The average molecular weight is 128 g/mol. The number of Topliss-reactive ketones (excluding diaryl/α,β-unsaturated/α-hetero) is 1. The van der Waals surface area contributed by atoms with Gasteiger partial charge in [-0.15, -0.1) is 0 Å². The van der Waals surface area contributed by atoms with Gasteiger partial charge in [0.1, 0.15) is 6.61 Å². The molecule has 0 aromatic carbocycles. The first-order valence-corrected chi connectivity index (χ1v) is 2.71. The highest BCUT2D eigenvalue weighted by Gasteiger charge is 2.14. The SMILES string of the molecule is CC1=CC(O)OCC1=O. The Kier molecular flexibility index (Phi) is 1.64. The molecule has 1 atom stereocenters. The molecule has 0 saturated heterocycles. The van der Waals surface area contributed by atoms with Crippen molar-refractivity contribution in [3.05, 3.63) is 11.6 Å². The quantitative estimate of drug-likeness (QED) is 0.493. The third kappa shape index (κ3) is 1.37. The number of ketones is 1. The van der Waals surface area contributed by atoms with Crippen LogP contribution in [0.2, 0.25) is 0 Å². The Morgan fingerprint density at radius 3 is 3.00 bits per heavy atom. The highest BCUT2D eigenvalue weighted by Crippen LogP contribution is 2.05. The molecule has 1 rings (SSSR count). The van der Waals surface area contributed by atoms with Crippen molar-refractivity contribution in [1.29, 1.82) is 0 Å². The number of rotatable bonds is 0. The van der Waals surface area contributed by atoms with Crippen molar-refractivity contribution >= 4 is 5.78 Å². The molecule has 1 heterocycles. The third-order valence-corrected chi connectivity index (χ3v) is 1.22. The minimum atomic E-state index is -0.886. The number of ether oxygens (including phenoxy) is 1. The zero-order chi connectivity index (χ0) is 6.85. The Bertz CT molecular complexity index is 160. The van der Waals surface area contributed by atoms with Crippen LogP contribution in [0.5, 0.6) is 0 Å². The van der Waals surface area contributed by atoms with E-state index in [-0.39, 0.29) is 12.4 Å². The minimum Gasteiger partial charge on any atom is -0.365 e. The summed E-state index contributed by atoms with van der Waals surface area (Å²) >= 11 is 0. The first kappa shape index (κ1) is 6.45. The Hall–Kier alpha value is -0.670. The van der Waals surface area contributed by atoms with Gasteiger partial charge in [0.25, 0.3) is 0 Å². The maximum atomic E-state index is 10.6. The summed E-state index contributed by atoms with van der Waals surface area (Å²) in [5.74, 6) is -0.0553. The Morgan fingerprint density at radius 2 is 2.56 bits per heavy atom. The maximum Gasteiger partial charge on any atom is 0.184 e. The summed E-state index contributed by atoms with van der Waals surface area (Å²) in [5.41, 5.74) is 0.578. The molecule has 0 aliphatic carbocycles. The van der Waals surface area contributed by atoms with Crippen molar-refractivity contribution in [2.24, 2.45) is 0 Å². The van der Waals surface area contributed by atoms with Crippen molar-refractivity contribution in [3.8, 4) is 0 Å². The predicted molar refractivity (Wildman–Crippen MR) is 30.7 cm³/mol. The molecule has 1 aliphatic rings. The first-order valence-electron chi connectivity index (χ1n) is 2.71. The topological polar surface area (TPSA) is 46.5 Å². The molecule has 1 N–H and O–H groups in total. The van der Waals surface area contributed by atoms with Crippen LogP contribution in [0.25, 0.3) is 0 Å². The highest BCUT2D eigenvalue weighted by atomic mass is 16.6. The summed E-state index contributed by atoms with van der Waals surface area (Å²) in [6, 6.07) is 0. The molecule has 3 nitrogen and oxygen atoms in total. The van der Waals surface area contributed by atoms with E-state index in [0.29, 0.717) is 5.57 Å². The lowest BCUT2D eigenvalue weighted by Crippen LogP contribution is -2.23. The first-order chi connectivity index (χ1) is 4.20. The van der Waals surface area contributed by atoms with Gasteiger partial charge in [0, 0.05) is 0 Å². The summed E-state index contributed by atoms with van der Waals surface area (Å²) in [6.07, 6.45) is 0.508. The minimum absolute atomic E-state index is 0.00347. The number of hydrogen-bond acceptors (Lipinski definition) is 3. The molecule has 3 heteroatoms. The fourth-order valence-corrected chi connectivity index (χ4v) is 0.630. The van der Waals surface area contributed by atoms with Gasteiger partial charge >= 0.3 is 0 Å². The van der Waals surface area contributed by atoms with Gasteiger partial charge < -0.3 is 9.84 Å². The van der Waals surface area contributed by atoms with Crippen LogP contribution in [0, 0.1) is 0 Å². The average Bonchev–Trinajstić information content (AvgIpc) is 1.80. The van der Waals surface area contributed by atoms with Crippen molar-refractivity contribution in [1.82, 2.24) is 0 Å². The van der Waals surface area contributed by atoms with Gasteiger partial charge in [-0.2, -0.15) is 0 Å². The van der Waals surface area contributed by atoms with Crippen molar-refractivity contribution < 1.29 is 14.6 Å². The van der Waals surface area contributed by atoms with E-state index < -0.39 is 6.29 Å². The molecule has 0 aromatic rings. The molecule has 0 saturated carbocycles. The molecule has 50 valence electrons. The molecule has 0 amide bonds. The van der Waals surface area contributed by atoms with E-state index in [9.17, 15) is 4.79 Å². The molecule has 0 spiro atoms. The van der Waals surface area contributed by atoms with Crippen LogP contribution < -0.4 is 0 Å². The van der Waals surface area contributed by atoms with Gasteiger partial charge in [0.05, 0.1) is 0 Å². The monoisotopic (exact) mass is 128 g/mol. The summed E-state index contributed by atoms with van der Waals surface area (Å²) in [4.78, 5) is 10.6. The third-order valence-electron chi connectivity index (χ3n) is 1.22. The Morgan fingerprint density at radius 1 is 1.89 bits per heavy atom. The smallest absolute Gasteiger partial charge is 0.184 e. The molecule has 0 bridgehead atoms. The molecule has 0 radical (unpaired) electrons. The van der Waals surface area contributed by atoms with Crippen LogP contribution in [0.15, 0.2) is 11.6 Å². The van der Waals surface area contributed by atoms with Crippen LogP contribution in [0.4, 0.5) is 0 Å². The number of carbonyl (C=O) groups is 1. The van der Waals surface area contributed by atoms with E-state index >= 15 is 0 Å². The number of aliphatic hydroxyl groups is 1. The lowest BCUT2D eigenvalue weighted by atomic mass is 10.1. The summed E-state index contributed by atoms with van der Waals surface area (Å²) in [7, 11) is 0. The molecule has 1 unspecified atom stereocenters. The number of carbonyl (C=O) groups excluding carboxylic acids is 1. The number of aliphatic hydroxyl groups excluding tert-OH is 1. The fourth-order valence-electron chi connectivity index (χ4n) is 0.630. The summed E-state index contributed by atoms with van der Waals surface area (Å²) in [6.45, 7) is 1.66. The van der Waals surface area contributed by atoms with Crippen LogP contribution >= 0.6 is 0 Å². The van der Waals surface area contributed by atoms with Gasteiger partial charge in [0.2, 0.25) is 0 Å². The van der Waals surface area contributed by atoms with Crippen LogP contribution in [-0.4, -0.2) is 23.8 Å². The van der Waals surface area contributed by atoms with Crippen LogP contribution in [0.3, 0.4) is 0 Å². The molecule has 1 aliphatic heterocycles. The van der Waals surface area contributed by atoms with E-state index in [1.807, 2.05) is 0 Å². The summed E-state index contributed by atoms with van der Waals surface area (Å²) in [5, 5.41) is 8.75. The van der Waals surface area contributed by atoms with E-state index in [1.54, 1.807) is 6.92 Å². The van der Waals surface area contributed by atoms with Crippen LogP contribution in [0.1, 0.15) is 6.92 Å². The highest BCUT2D eigenvalue weighted by molar-refractivity contribution is 5.96. The second-order valence-corrected chi connectivity index (χ2v) is 1.97. The van der Waals surface area contributed by atoms with E-state index in [4.69, 9.17) is 5.11 Å². The fraction of sp³-hybridized carbons (Fsp3) is 0.500. The van der Waals surface area contributed by atoms with Gasteiger partial charge in [-0.3, -0.25) is 4.79 Å². The zero-order valence-corrected chi connectivity index (χ0v) is 5.13. The summed E-state index contributed by atoms with van der Waals surface area (Å²) < 4.78 is 4.59. The second-order valence-electron chi connectivity index (χ2n) is 1.97. The van der Waals surface area contributed by atoms with Gasteiger partial charge in [0.15, 0.2) is 12.1 Å². The molecule has 9 heavy (non-hydrogen) atoms. The van der Waals surface area contributed by atoms with Gasteiger partial charge in [-0.1, -0.05) is 0 Å². The Labute approximate surface area is 52.9 Å².